The van der Waals surface area contributed by atoms with Gasteiger partial charge in [-0.3, -0.25) is 4.98 Å². The highest BCUT2D eigenvalue weighted by atomic mass is 32.2. The Balaban J connectivity index is 1.94. The molecule has 0 atom stereocenters. The zero-order valence-electron chi connectivity index (χ0n) is 16.8. The summed E-state index contributed by atoms with van der Waals surface area (Å²) in [6, 6.07) is 2.90. The van der Waals surface area contributed by atoms with Gasteiger partial charge in [0.05, 0.1) is 30.7 Å². The van der Waals surface area contributed by atoms with Crippen LogP contribution in [0.1, 0.15) is 26.5 Å². The molecule has 0 unspecified atom stereocenters. The SMILES string of the molecule is CCNC(=NCc1ncccc1F)N1CCN(S(=O)(=O)CCOC(C)C)CC1. The van der Waals surface area contributed by atoms with Crippen LogP contribution in [0.25, 0.3) is 0 Å². The number of hydrogen-bond donors (Lipinski definition) is 1. The monoisotopic (exact) mass is 415 g/mol. The lowest BCUT2D eigenvalue weighted by atomic mass is 10.3. The minimum atomic E-state index is -3.34. The van der Waals surface area contributed by atoms with Gasteiger partial charge in [0.25, 0.3) is 0 Å². The van der Waals surface area contributed by atoms with Crippen molar-refractivity contribution in [2.75, 3.05) is 45.1 Å². The van der Waals surface area contributed by atoms with E-state index in [0.29, 0.717) is 38.7 Å². The van der Waals surface area contributed by atoms with Crippen molar-refractivity contribution >= 4 is 16.0 Å². The summed E-state index contributed by atoms with van der Waals surface area (Å²) in [7, 11) is -3.34. The molecule has 2 heterocycles. The van der Waals surface area contributed by atoms with E-state index in [-0.39, 0.29) is 36.5 Å². The average molecular weight is 416 g/mol. The summed E-state index contributed by atoms with van der Waals surface area (Å²) in [6.07, 6.45) is 1.54. The lowest BCUT2D eigenvalue weighted by Gasteiger charge is -2.35. The van der Waals surface area contributed by atoms with Gasteiger partial charge in [-0.05, 0) is 32.9 Å². The molecule has 0 aliphatic carbocycles. The summed E-state index contributed by atoms with van der Waals surface area (Å²) >= 11 is 0. The number of piperazine rings is 1. The predicted octanol–water partition coefficient (Wildman–Crippen LogP) is 1.06. The number of hydrogen-bond acceptors (Lipinski definition) is 5. The van der Waals surface area contributed by atoms with Gasteiger partial charge in [0.2, 0.25) is 10.0 Å². The molecule has 2 rings (SSSR count). The first-order valence-corrected chi connectivity index (χ1v) is 11.2. The third-order valence-electron chi connectivity index (χ3n) is 4.27. The van der Waals surface area contributed by atoms with Crippen molar-refractivity contribution < 1.29 is 17.5 Å². The van der Waals surface area contributed by atoms with E-state index < -0.39 is 10.0 Å². The summed E-state index contributed by atoms with van der Waals surface area (Å²) < 4.78 is 45.5. The Morgan fingerprint density at radius 2 is 2.07 bits per heavy atom. The highest BCUT2D eigenvalue weighted by molar-refractivity contribution is 7.89. The molecular weight excluding hydrogens is 385 g/mol. The van der Waals surface area contributed by atoms with Gasteiger partial charge in [0.1, 0.15) is 5.82 Å². The molecule has 1 aliphatic heterocycles. The van der Waals surface area contributed by atoms with E-state index in [0.717, 1.165) is 0 Å². The summed E-state index contributed by atoms with van der Waals surface area (Å²) in [4.78, 5) is 10.5. The smallest absolute Gasteiger partial charge is 0.216 e. The Morgan fingerprint density at radius 3 is 2.68 bits per heavy atom. The van der Waals surface area contributed by atoms with Gasteiger partial charge in [-0.2, -0.15) is 4.31 Å². The molecule has 158 valence electrons. The first kappa shape index (κ1) is 22.5. The van der Waals surface area contributed by atoms with Crippen LogP contribution in [0.3, 0.4) is 0 Å². The topological polar surface area (TPSA) is 87.1 Å². The Morgan fingerprint density at radius 1 is 1.36 bits per heavy atom. The van der Waals surface area contributed by atoms with E-state index in [2.05, 4.69) is 15.3 Å². The highest BCUT2D eigenvalue weighted by Gasteiger charge is 2.28. The molecule has 1 N–H and O–H groups in total. The molecular formula is C18H30FN5O3S. The number of pyridine rings is 1. The lowest BCUT2D eigenvalue weighted by molar-refractivity contribution is 0.0904. The average Bonchev–Trinajstić information content (AvgIpc) is 2.66. The maximum Gasteiger partial charge on any atom is 0.216 e. The molecule has 10 heteroatoms. The molecule has 1 aromatic heterocycles. The molecule has 1 saturated heterocycles. The van der Waals surface area contributed by atoms with E-state index in [9.17, 15) is 12.8 Å². The van der Waals surface area contributed by atoms with Gasteiger partial charge >= 0.3 is 0 Å². The zero-order chi connectivity index (χ0) is 20.6. The van der Waals surface area contributed by atoms with Crippen LogP contribution in [-0.4, -0.2) is 79.8 Å². The third-order valence-corrected chi connectivity index (χ3v) is 6.11. The van der Waals surface area contributed by atoms with E-state index in [1.165, 1.54) is 16.6 Å². The summed E-state index contributed by atoms with van der Waals surface area (Å²) in [5.74, 6) is 0.229. The van der Waals surface area contributed by atoms with E-state index in [1.807, 2.05) is 25.7 Å². The van der Waals surface area contributed by atoms with Crippen LogP contribution < -0.4 is 5.32 Å². The molecule has 1 aromatic rings. The number of aliphatic imine (C=N–C) groups is 1. The maximum absolute atomic E-state index is 13.8. The second-order valence-electron chi connectivity index (χ2n) is 6.72. The first-order valence-electron chi connectivity index (χ1n) is 9.55. The van der Waals surface area contributed by atoms with Crippen molar-refractivity contribution in [3.63, 3.8) is 0 Å². The molecule has 8 nitrogen and oxygen atoms in total. The Hall–Kier alpha value is -1.78. The molecule has 1 fully saturated rings. The summed E-state index contributed by atoms with van der Waals surface area (Å²) in [5.41, 5.74) is 0.282. The van der Waals surface area contributed by atoms with Gasteiger partial charge < -0.3 is 15.0 Å². The largest absolute Gasteiger partial charge is 0.378 e. The fraction of sp³-hybridized carbons (Fsp3) is 0.667. The van der Waals surface area contributed by atoms with Crippen LogP contribution in [0.4, 0.5) is 4.39 Å². The molecule has 1 aliphatic rings. The molecule has 0 aromatic carbocycles. The van der Waals surface area contributed by atoms with Crippen LogP contribution in [0, 0.1) is 5.82 Å². The van der Waals surface area contributed by atoms with Gasteiger partial charge in [-0.25, -0.2) is 17.8 Å². The van der Waals surface area contributed by atoms with Gasteiger partial charge in [0, 0.05) is 38.9 Å². The van der Waals surface area contributed by atoms with E-state index >= 15 is 0 Å². The van der Waals surface area contributed by atoms with Gasteiger partial charge in [0.15, 0.2) is 5.96 Å². The zero-order valence-corrected chi connectivity index (χ0v) is 17.6. The van der Waals surface area contributed by atoms with Crippen LogP contribution in [0.5, 0.6) is 0 Å². The van der Waals surface area contributed by atoms with Crippen molar-refractivity contribution in [2.45, 2.75) is 33.4 Å². The van der Waals surface area contributed by atoms with Gasteiger partial charge in [-0.1, -0.05) is 0 Å². The number of ether oxygens (including phenoxy) is 1. The predicted molar refractivity (Wildman–Crippen MR) is 107 cm³/mol. The molecule has 0 radical (unpaired) electrons. The third kappa shape index (κ3) is 6.68. The standard InChI is InChI=1S/C18H30FN5O3S/c1-4-20-18(22-14-17-16(19)6-5-7-21-17)23-8-10-24(11-9-23)28(25,26)13-12-27-15(2)3/h5-7,15H,4,8-14H2,1-3H3,(H,20,22). The quantitative estimate of drug-likeness (QED) is 0.505. The maximum atomic E-state index is 13.8. The van der Waals surface area contributed by atoms with Crippen molar-refractivity contribution in [1.29, 1.82) is 0 Å². The number of rotatable bonds is 8. The van der Waals surface area contributed by atoms with Crippen molar-refractivity contribution in [3.05, 3.63) is 29.8 Å². The summed E-state index contributed by atoms with van der Waals surface area (Å²) in [5, 5.41) is 3.18. The Labute approximate surface area is 166 Å². The molecule has 0 bridgehead atoms. The van der Waals surface area contributed by atoms with Gasteiger partial charge in [-0.15, -0.1) is 0 Å². The molecule has 0 spiro atoms. The van der Waals surface area contributed by atoms with Crippen molar-refractivity contribution in [2.24, 2.45) is 4.99 Å². The minimum Gasteiger partial charge on any atom is -0.378 e. The number of nitrogens with zero attached hydrogens (tertiary/aromatic N) is 4. The van der Waals surface area contributed by atoms with E-state index in [1.54, 1.807) is 6.07 Å². The number of aromatic nitrogens is 1. The Bertz CT molecular complexity index is 749. The molecule has 28 heavy (non-hydrogen) atoms. The van der Waals surface area contributed by atoms with Crippen molar-refractivity contribution in [1.82, 2.24) is 19.5 Å². The second kappa shape index (κ2) is 10.7. The Kier molecular flexibility index (Phi) is 8.58. The first-order chi connectivity index (χ1) is 13.3. The van der Waals surface area contributed by atoms with Crippen LogP contribution in [-0.2, 0) is 21.3 Å². The van der Waals surface area contributed by atoms with Crippen LogP contribution >= 0.6 is 0 Å². The highest BCUT2D eigenvalue weighted by Crippen LogP contribution is 2.10. The van der Waals surface area contributed by atoms with Crippen LogP contribution in [0.2, 0.25) is 0 Å². The fourth-order valence-corrected chi connectivity index (χ4v) is 4.09. The minimum absolute atomic E-state index is 0.00914. The second-order valence-corrected chi connectivity index (χ2v) is 8.81. The number of sulfonamides is 1. The van der Waals surface area contributed by atoms with Crippen molar-refractivity contribution in [3.8, 4) is 0 Å². The molecule has 0 saturated carbocycles. The number of halogens is 1. The number of nitrogens with one attached hydrogen (secondary N) is 1. The normalized spacial score (nSPS) is 16.6. The number of guanidine groups is 1. The molecule has 0 amide bonds. The lowest BCUT2D eigenvalue weighted by Crippen LogP contribution is -2.54. The fourth-order valence-electron chi connectivity index (χ4n) is 2.81. The van der Waals surface area contributed by atoms with Crippen LogP contribution in [0.15, 0.2) is 23.3 Å². The van der Waals surface area contributed by atoms with E-state index in [4.69, 9.17) is 4.74 Å². The summed E-state index contributed by atoms with van der Waals surface area (Å²) in [6.45, 7) is 8.48.